The molecule has 25 heavy (non-hydrogen) atoms. The first-order valence-electron chi connectivity index (χ1n) is 7.51. The summed E-state index contributed by atoms with van der Waals surface area (Å²) in [5.74, 6) is -0.690. The van der Waals surface area contributed by atoms with Gasteiger partial charge >= 0.3 is 0 Å². The lowest BCUT2D eigenvalue weighted by atomic mass is 10.1. The van der Waals surface area contributed by atoms with E-state index in [1.54, 1.807) is 41.2 Å². The van der Waals surface area contributed by atoms with Crippen molar-refractivity contribution in [1.82, 2.24) is 9.78 Å². The van der Waals surface area contributed by atoms with Crippen LogP contribution in [0.15, 0.2) is 60.9 Å². The zero-order valence-electron chi connectivity index (χ0n) is 13.1. The quantitative estimate of drug-likeness (QED) is 0.738. The standard InChI is InChI=1S/C18H15ClN4O2/c19-15-3-1-2-4-16(15)23-11-13(10-21-23)18(25)22-14-7-5-12(6-8-14)9-17(20)24/h1-8,10-11H,9H2,(H2,20,24)(H,22,25). The molecule has 7 heteroatoms. The molecule has 0 atom stereocenters. The Hall–Kier alpha value is -3.12. The number of primary amides is 1. The summed E-state index contributed by atoms with van der Waals surface area (Å²) in [5, 5.41) is 7.50. The van der Waals surface area contributed by atoms with Gasteiger partial charge in [0.1, 0.15) is 0 Å². The van der Waals surface area contributed by atoms with Crippen molar-refractivity contribution in [2.75, 3.05) is 5.32 Å². The Bertz CT molecular complexity index is 919. The van der Waals surface area contributed by atoms with E-state index in [4.69, 9.17) is 17.3 Å². The van der Waals surface area contributed by atoms with Gasteiger partial charge in [0, 0.05) is 11.9 Å². The maximum absolute atomic E-state index is 12.3. The van der Waals surface area contributed by atoms with Crippen molar-refractivity contribution in [3.05, 3.63) is 77.1 Å². The lowest BCUT2D eigenvalue weighted by Crippen LogP contribution is -2.14. The van der Waals surface area contributed by atoms with Gasteiger partial charge in [-0.15, -0.1) is 0 Å². The van der Waals surface area contributed by atoms with Crippen molar-refractivity contribution in [2.45, 2.75) is 6.42 Å². The van der Waals surface area contributed by atoms with Gasteiger partial charge in [0.05, 0.1) is 28.9 Å². The third-order valence-corrected chi connectivity index (χ3v) is 3.85. The number of nitrogens with two attached hydrogens (primary N) is 1. The maximum atomic E-state index is 12.3. The molecule has 1 aromatic heterocycles. The van der Waals surface area contributed by atoms with Crippen LogP contribution in [0.4, 0.5) is 5.69 Å². The SMILES string of the molecule is NC(=O)Cc1ccc(NC(=O)c2cnn(-c3ccccc3Cl)c2)cc1. The highest BCUT2D eigenvalue weighted by Crippen LogP contribution is 2.19. The van der Waals surface area contributed by atoms with Gasteiger partial charge in [0.25, 0.3) is 5.91 Å². The topological polar surface area (TPSA) is 90.0 Å². The summed E-state index contributed by atoms with van der Waals surface area (Å²) in [4.78, 5) is 23.2. The van der Waals surface area contributed by atoms with Gasteiger partial charge in [-0.1, -0.05) is 35.9 Å². The molecule has 3 N–H and O–H groups in total. The van der Waals surface area contributed by atoms with Gasteiger partial charge in [0.15, 0.2) is 0 Å². The van der Waals surface area contributed by atoms with Crippen LogP contribution in [0.3, 0.4) is 0 Å². The summed E-state index contributed by atoms with van der Waals surface area (Å²) in [6.07, 6.45) is 3.25. The van der Waals surface area contributed by atoms with Crippen LogP contribution in [0.2, 0.25) is 5.02 Å². The van der Waals surface area contributed by atoms with Crippen LogP contribution in [0.25, 0.3) is 5.69 Å². The third kappa shape index (κ3) is 4.05. The molecule has 0 bridgehead atoms. The van der Waals surface area contributed by atoms with Gasteiger partial charge in [-0.2, -0.15) is 5.10 Å². The number of anilines is 1. The van der Waals surface area contributed by atoms with Crippen LogP contribution in [0.5, 0.6) is 0 Å². The second-order valence-corrected chi connectivity index (χ2v) is 5.83. The Labute approximate surface area is 149 Å². The zero-order chi connectivity index (χ0) is 17.8. The first-order chi connectivity index (χ1) is 12.0. The van der Waals surface area contributed by atoms with E-state index in [0.717, 1.165) is 5.56 Å². The fourth-order valence-corrected chi connectivity index (χ4v) is 2.54. The molecule has 6 nitrogen and oxygen atoms in total. The molecule has 0 fully saturated rings. The van der Waals surface area contributed by atoms with E-state index >= 15 is 0 Å². The Kier molecular flexibility index (Phi) is 4.81. The van der Waals surface area contributed by atoms with Crippen LogP contribution in [0, 0.1) is 0 Å². The highest BCUT2D eigenvalue weighted by molar-refractivity contribution is 6.32. The predicted molar refractivity (Wildman–Crippen MR) is 95.9 cm³/mol. The number of carbonyl (C=O) groups excluding carboxylic acids is 2. The van der Waals surface area contributed by atoms with Gasteiger partial charge < -0.3 is 11.1 Å². The minimum Gasteiger partial charge on any atom is -0.369 e. The number of benzene rings is 2. The normalized spacial score (nSPS) is 10.4. The van der Waals surface area contributed by atoms with Crippen molar-refractivity contribution in [3.63, 3.8) is 0 Å². The lowest BCUT2D eigenvalue weighted by Gasteiger charge is -2.05. The lowest BCUT2D eigenvalue weighted by molar-refractivity contribution is -0.117. The van der Waals surface area contributed by atoms with Crippen LogP contribution >= 0.6 is 11.6 Å². The van der Waals surface area contributed by atoms with Crippen molar-refractivity contribution >= 4 is 29.1 Å². The van der Waals surface area contributed by atoms with E-state index in [2.05, 4.69) is 10.4 Å². The van der Waals surface area contributed by atoms with Crippen LogP contribution < -0.4 is 11.1 Å². The first-order valence-corrected chi connectivity index (χ1v) is 7.89. The molecule has 0 spiro atoms. The van der Waals surface area contributed by atoms with E-state index < -0.39 is 5.91 Å². The van der Waals surface area contributed by atoms with E-state index in [1.807, 2.05) is 18.2 Å². The number of hydrogen-bond donors (Lipinski definition) is 2. The van der Waals surface area contributed by atoms with Crippen molar-refractivity contribution in [1.29, 1.82) is 0 Å². The number of carbonyl (C=O) groups is 2. The zero-order valence-corrected chi connectivity index (χ0v) is 13.9. The Balaban J connectivity index is 1.72. The van der Waals surface area contributed by atoms with Crippen LogP contribution in [-0.2, 0) is 11.2 Å². The van der Waals surface area contributed by atoms with E-state index in [1.165, 1.54) is 6.20 Å². The molecule has 0 radical (unpaired) electrons. The van der Waals surface area contributed by atoms with Gasteiger partial charge in [-0.05, 0) is 29.8 Å². The Morgan fingerprint density at radius 3 is 2.52 bits per heavy atom. The van der Waals surface area contributed by atoms with Gasteiger partial charge in [0.2, 0.25) is 5.91 Å². The first kappa shape index (κ1) is 16.7. The fraction of sp³-hybridized carbons (Fsp3) is 0.0556. The highest BCUT2D eigenvalue weighted by atomic mass is 35.5. The average Bonchev–Trinajstić information content (AvgIpc) is 3.06. The van der Waals surface area contributed by atoms with Gasteiger partial charge in [-0.25, -0.2) is 4.68 Å². The molecule has 0 unspecified atom stereocenters. The molecule has 2 amide bonds. The molecule has 0 aliphatic rings. The summed E-state index contributed by atoms with van der Waals surface area (Å²) in [6.45, 7) is 0. The number of nitrogens with zero attached hydrogens (tertiary/aromatic N) is 2. The maximum Gasteiger partial charge on any atom is 0.258 e. The van der Waals surface area contributed by atoms with Crippen molar-refractivity contribution < 1.29 is 9.59 Å². The molecule has 2 aromatic carbocycles. The highest BCUT2D eigenvalue weighted by Gasteiger charge is 2.11. The van der Waals surface area contributed by atoms with Crippen molar-refractivity contribution in [2.24, 2.45) is 5.73 Å². The molecule has 126 valence electrons. The number of hydrogen-bond acceptors (Lipinski definition) is 3. The third-order valence-electron chi connectivity index (χ3n) is 3.53. The molecule has 0 aliphatic heterocycles. The molecule has 1 heterocycles. The fourth-order valence-electron chi connectivity index (χ4n) is 2.32. The molecule has 0 saturated heterocycles. The number of rotatable bonds is 5. The number of halogens is 1. The van der Waals surface area contributed by atoms with E-state index in [9.17, 15) is 9.59 Å². The number of aromatic nitrogens is 2. The smallest absolute Gasteiger partial charge is 0.258 e. The number of amides is 2. The summed E-state index contributed by atoms with van der Waals surface area (Å²) < 4.78 is 1.55. The molecule has 0 aliphatic carbocycles. The van der Waals surface area contributed by atoms with Crippen molar-refractivity contribution in [3.8, 4) is 5.69 Å². The largest absolute Gasteiger partial charge is 0.369 e. The summed E-state index contributed by atoms with van der Waals surface area (Å²) in [5.41, 5.74) is 7.65. The number of para-hydroxylation sites is 1. The summed E-state index contributed by atoms with van der Waals surface area (Å²) >= 11 is 6.13. The minimum absolute atomic E-state index is 0.166. The van der Waals surface area contributed by atoms with E-state index in [-0.39, 0.29) is 12.3 Å². The average molecular weight is 355 g/mol. The molecule has 0 saturated carbocycles. The summed E-state index contributed by atoms with van der Waals surface area (Å²) in [7, 11) is 0. The molecule has 3 rings (SSSR count). The predicted octanol–water partition coefficient (Wildman–Crippen LogP) is 2.81. The van der Waals surface area contributed by atoms with Crippen LogP contribution in [-0.4, -0.2) is 21.6 Å². The number of nitrogens with one attached hydrogen (secondary N) is 1. The monoisotopic (exact) mass is 354 g/mol. The second-order valence-electron chi connectivity index (χ2n) is 5.42. The second kappa shape index (κ2) is 7.19. The van der Waals surface area contributed by atoms with Crippen LogP contribution in [0.1, 0.15) is 15.9 Å². The van der Waals surface area contributed by atoms with E-state index in [0.29, 0.717) is 22.0 Å². The Morgan fingerprint density at radius 2 is 1.84 bits per heavy atom. The molecule has 3 aromatic rings. The summed E-state index contributed by atoms with van der Waals surface area (Å²) in [6, 6.07) is 14.2. The minimum atomic E-state index is -0.399. The van der Waals surface area contributed by atoms with Gasteiger partial charge in [-0.3, -0.25) is 9.59 Å². The molecular formula is C18H15ClN4O2. The Morgan fingerprint density at radius 1 is 1.12 bits per heavy atom. The molecular weight excluding hydrogens is 340 g/mol.